The molecule has 0 amide bonds. The molecule has 1 aliphatic rings. The molecule has 78 valence electrons. The highest BCUT2D eigenvalue weighted by Crippen LogP contribution is 2.26. The quantitative estimate of drug-likeness (QED) is 0.821. The maximum Gasteiger partial charge on any atom is 0.165 e. The summed E-state index contributed by atoms with van der Waals surface area (Å²) in [4.78, 5) is 0. The van der Waals surface area contributed by atoms with E-state index in [9.17, 15) is 4.39 Å². The Morgan fingerprint density at radius 1 is 1.50 bits per heavy atom. The van der Waals surface area contributed by atoms with Crippen molar-refractivity contribution >= 4 is 12.4 Å². The summed E-state index contributed by atoms with van der Waals surface area (Å²) >= 11 is 0. The van der Waals surface area contributed by atoms with Gasteiger partial charge in [-0.05, 0) is 30.7 Å². The molecule has 1 atom stereocenters. The molecule has 0 aromatic heterocycles. The van der Waals surface area contributed by atoms with E-state index in [1.54, 1.807) is 6.07 Å². The molecule has 14 heavy (non-hydrogen) atoms. The van der Waals surface area contributed by atoms with Crippen LogP contribution in [0.1, 0.15) is 18.0 Å². The van der Waals surface area contributed by atoms with Gasteiger partial charge in [0.05, 0.1) is 7.11 Å². The van der Waals surface area contributed by atoms with Crippen LogP contribution in [0.15, 0.2) is 18.2 Å². The third-order valence-corrected chi connectivity index (χ3v) is 2.40. The lowest BCUT2D eigenvalue weighted by Gasteiger charge is -2.28. The fourth-order valence-electron chi connectivity index (χ4n) is 1.47. The van der Waals surface area contributed by atoms with E-state index in [4.69, 9.17) is 4.74 Å². The van der Waals surface area contributed by atoms with E-state index in [1.165, 1.54) is 13.2 Å². The number of hydrogen-bond acceptors (Lipinski definition) is 2. The van der Waals surface area contributed by atoms with Crippen LogP contribution in [0.5, 0.6) is 5.75 Å². The lowest BCUT2D eigenvalue weighted by atomic mass is 9.98. The molecule has 0 unspecified atom stereocenters. The number of nitrogens with one attached hydrogen (secondary N) is 1. The highest BCUT2D eigenvalue weighted by atomic mass is 35.5. The molecule has 1 aromatic rings. The Labute approximate surface area is 88.9 Å². The van der Waals surface area contributed by atoms with Gasteiger partial charge in [0, 0.05) is 6.04 Å². The van der Waals surface area contributed by atoms with Gasteiger partial charge in [-0.25, -0.2) is 4.39 Å². The van der Waals surface area contributed by atoms with Crippen LogP contribution in [-0.4, -0.2) is 13.7 Å². The van der Waals surface area contributed by atoms with Crippen LogP contribution in [0.3, 0.4) is 0 Å². The van der Waals surface area contributed by atoms with E-state index in [0.29, 0.717) is 11.8 Å². The van der Waals surface area contributed by atoms with Gasteiger partial charge in [-0.2, -0.15) is 0 Å². The van der Waals surface area contributed by atoms with E-state index >= 15 is 0 Å². The third kappa shape index (κ3) is 1.99. The summed E-state index contributed by atoms with van der Waals surface area (Å²) in [6, 6.07) is 5.44. The van der Waals surface area contributed by atoms with Gasteiger partial charge in [0.2, 0.25) is 0 Å². The van der Waals surface area contributed by atoms with Gasteiger partial charge in [0.15, 0.2) is 11.6 Å². The molecular formula is C10H13ClFNO. The second-order valence-electron chi connectivity index (χ2n) is 3.19. The van der Waals surface area contributed by atoms with E-state index in [1.807, 2.05) is 6.07 Å². The van der Waals surface area contributed by atoms with Gasteiger partial charge in [0.25, 0.3) is 0 Å². The first-order chi connectivity index (χ1) is 6.31. The Morgan fingerprint density at radius 3 is 2.64 bits per heavy atom. The van der Waals surface area contributed by atoms with Crippen molar-refractivity contribution in [3.63, 3.8) is 0 Å². The smallest absolute Gasteiger partial charge is 0.165 e. The summed E-state index contributed by atoms with van der Waals surface area (Å²) in [7, 11) is 1.47. The molecule has 0 spiro atoms. The van der Waals surface area contributed by atoms with Crippen molar-refractivity contribution in [3.8, 4) is 5.75 Å². The molecule has 0 aliphatic carbocycles. The lowest BCUT2D eigenvalue weighted by Crippen LogP contribution is -2.34. The minimum Gasteiger partial charge on any atom is -0.494 e. The predicted molar refractivity (Wildman–Crippen MR) is 55.6 cm³/mol. The Morgan fingerprint density at radius 2 is 2.21 bits per heavy atom. The summed E-state index contributed by atoms with van der Waals surface area (Å²) in [5.41, 5.74) is 1.00. The summed E-state index contributed by atoms with van der Waals surface area (Å²) in [5.74, 6) is 0.0248. The molecule has 0 saturated carbocycles. The minimum atomic E-state index is -0.284. The summed E-state index contributed by atoms with van der Waals surface area (Å²) in [6.07, 6.45) is 1.09. The first-order valence-electron chi connectivity index (χ1n) is 4.38. The number of hydrogen-bond donors (Lipinski definition) is 1. The van der Waals surface area contributed by atoms with Crippen LogP contribution < -0.4 is 10.1 Å². The standard InChI is InChI=1S/C10H12FNO.ClH/c1-13-10-3-2-7(6-8(10)11)9-4-5-12-9;/h2-3,6,9,12H,4-5H2,1H3;1H/t9-;/m0./s1. The molecular weight excluding hydrogens is 205 g/mol. The Balaban J connectivity index is 0.000000980. The van der Waals surface area contributed by atoms with Crippen molar-refractivity contribution in [2.75, 3.05) is 13.7 Å². The highest BCUT2D eigenvalue weighted by Gasteiger charge is 2.19. The van der Waals surface area contributed by atoms with Crippen molar-refractivity contribution in [1.29, 1.82) is 0 Å². The molecule has 1 fully saturated rings. The summed E-state index contributed by atoms with van der Waals surface area (Å²) < 4.78 is 18.1. The van der Waals surface area contributed by atoms with Gasteiger partial charge < -0.3 is 10.1 Å². The van der Waals surface area contributed by atoms with Crippen molar-refractivity contribution in [1.82, 2.24) is 5.32 Å². The largest absolute Gasteiger partial charge is 0.494 e. The SMILES string of the molecule is COc1ccc([C@@H]2CCN2)cc1F.Cl. The Hall–Kier alpha value is -0.800. The molecule has 1 heterocycles. The summed E-state index contributed by atoms with van der Waals surface area (Å²) in [6.45, 7) is 1.03. The monoisotopic (exact) mass is 217 g/mol. The van der Waals surface area contributed by atoms with Crippen molar-refractivity contribution < 1.29 is 9.13 Å². The van der Waals surface area contributed by atoms with Crippen LogP contribution >= 0.6 is 12.4 Å². The van der Waals surface area contributed by atoms with Gasteiger partial charge in [-0.15, -0.1) is 12.4 Å². The van der Waals surface area contributed by atoms with Gasteiger partial charge in [-0.3, -0.25) is 0 Å². The number of benzene rings is 1. The number of rotatable bonds is 2. The van der Waals surface area contributed by atoms with Crippen LogP contribution in [0.2, 0.25) is 0 Å². The number of methoxy groups -OCH3 is 1. The molecule has 1 saturated heterocycles. The maximum atomic E-state index is 13.2. The van der Waals surface area contributed by atoms with E-state index in [0.717, 1.165) is 18.5 Å². The zero-order valence-electron chi connectivity index (χ0n) is 7.92. The normalized spacial score (nSPS) is 19.4. The fourth-order valence-corrected chi connectivity index (χ4v) is 1.47. The highest BCUT2D eigenvalue weighted by molar-refractivity contribution is 5.85. The van der Waals surface area contributed by atoms with Crippen LogP contribution in [0.25, 0.3) is 0 Å². The average molecular weight is 218 g/mol. The molecule has 2 nitrogen and oxygen atoms in total. The average Bonchev–Trinajstić information content (AvgIpc) is 2.01. The van der Waals surface area contributed by atoms with E-state index in [2.05, 4.69) is 5.32 Å². The zero-order chi connectivity index (χ0) is 9.26. The van der Waals surface area contributed by atoms with Gasteiger partial charge in [-0.1, -0.05) is 6.07 Å². The first-order valence-corrected chi connectivity index (χ1v) is 4.38. The molecule has 2 rings (SSSR count). The van der Waals surface area contributed by atoms with Crippen LogP contribution in [0, 0.1) is 5.82 Å². The zero-order valence-corrected chi connectivity index (χ0v) is 8.73. The van der Waals surface area contributed by atoms with Crippen molar-refractivity contribution in [3.05, 3.63) is 29.6 Å². The second-order valence-corrected chi connectivity index (χ2v) is 3.19. The molecule has 1 N–H and O–H groups in total. The van der Waals surface area contributed by atoms with Gasteiger partial charge in [0.1, 0.15) is 0 Å². The molecule has 0 bridgehead atoms. The molecule has 1 aliphatic heterocycles. The van der Waals surface area contributed by atoms with Crippen LogP contribution in [-0.2, 0) is 0 Å². The van der Waals surface area contributed by atoms with E-state index in [-0.39, 0.29) is 18.2 Å². The molecule has 0 radical (unpaired) electrons. The Kier molecular flexibility index (Phi) is 3.72. The van der Waals surface area contributed by atoms with Crippen molar-refractivity contribution in [2.24, 2.45) is 0 Å². The van der Waals surface area contributed by atoms with Crippen molar-refractivity contribution in [2.45, 2.75) is 12.5 Å². The number of ether oxygens (including phenoxy) is 1. The minimum absolute atomic E-state index is 0. The summed E-state index contributed by atoms with van der Waals surface area (Å²) in [5, 5.41) is 3.22. The predicted octanol–water partition coefficient (Wildman–Crippen LogP) is 2.29. The Bertz CT molecular complexity index is 315. The maximum absolute atomic E-state index is 13.2. The third-order valence-electron chi connectivity index (χ3n) is 2.40. The van der Waals surface area contributed by atoms with Crippen LogP contribution in [0.4, 0.5) is 4.39 Å². The lowest BCUT2D eigenvalue weighted by molar-refractivity contribution is 0.371. The first kappa shape index (κ1) is 11.3. The van der Waals surface area contributed by atoms with Gasteiger partial charge >= 0.3 is 0 Å². The second kappa shape index (κ2) is 4.62. The fraction of sp³-hybridized carbons (Fsp3) is 0.400. The molecule has 1 aromatic carbocycles. The topological polar surface area (TPSA) is 21.3 Å². The van der Waals surface area contributed by atoms with E-state index < -0.39 is 0 Å². The molecule has 4 heteroatoms. The number of halogens is 2.